The maximum atomic E-state index is 12.8. The predicted molar refractivity (Wildman–Crippen MR) is 116 cm³/mol. The van der Waals surface area contributed by atoms with Crippen LogP contribution in [-0.2, 0) is 24.4 Å². The number of hydrogen-bond acceptors (Lipinski definition) is 5. The van der Waals surface area contributed by atoms with Gasteiger partial charge in [0.25, 0.3) is 0 Å². The fraction of sp³-hybridized carbons (Fsp3) is 0.571. The second-order valence-corrected chi connectivity index (χ2v) is 9.89. The van der Waals surface area contributed by atoms with Crippen molar-refractivity contribution in [3.05, 3.63) is 24.3 Å². The van der Waals surface area contributed by atoms with E-state index in [4.69, 9.17) is 0 Å². The zero-order valence-corrected chi connectivity index (χ0v) is 18.8. The highest BCUT2D eigenvalue weighted by atomic mass is 32.2. The molecule has 3 rings (SSSR count). The summed E-state index contributed by atoms with van der Waals surface area (Å²) in [6, 6.07) is 4.79. The molecule has 1 heterocycles. The van der Waals surface area contributed by atoms with Crippen LogP contribution < -0.4 is 10.0 Å². The van der Waals surface area contributed by atoms with Crippen molar-refractivity contribution in [1.82, 2.24) is 14.5 Å². The zero-order valence-electron chi connectivity index (χ0n) is 18.0. The van der Waals surface area contributed by atoms with Gasteiger partial charge in [-0.15, -0.1) is 0 Å². The third-order valence-corrected chi connectivity index (χ3v) is 7.35. The standard InChI is InChI=1S/C21H30N4O5S/c1-15(23-31(29,30)19-9-7-18(8-10-19)22-16(2)26)20(27)24-11-13-25(14-12-24)21(28)17-5-3-4-6-17/h7-10,15,17,23H,3-6,11-14H2,1-2H3,(H,22,26)/t15-/m0/s1. The topological polar surface area (TPSA) is 116 Å². The Balaban J connectivity index is 1.54. The van der Waals surface area contributed by atoms with Gasteiger partial charge in [-0.25, -0.2) is 8.42 Å². The summed E-state index contributed by atoms with van der Waals surface area (Å²) < 4.78 is 27.7. The van der Waals surface area contributed by atoms with Gasteiger partial charge in [0.05, 0.1) is 10.9 Å². The van der Waals surface area contributed by atoms with E-state index in [1.807, 2.05) is 4.90 Å². The molecule has 1 atom stereocenters. The highest BCUT2D eigenvalue weighted by Gasteiger charge is 2.32. The van der Waals surface area contributed by atoms with Crippen molar-refractivity contribution in [3.63, 3.8) is 0 Å². The van der Waals surface area contributed by atoms with E-state index in [-0.39, 0.29) is 28.5 Å². The molecule has 170 valence electrons. The Morgan fingerprint density at radius 1 is 0.968 bits per heavy atom. The summed E-state index contributed by atoms with van der Waals surface area (Å²) in [6.07, 6.45) is 4.09. The molecule has 1 aromatic carbocycles. The first-order valence-corrected chi connectivity index (χ1v) is 12.1. The van der Waals surface area contributed by atoms with Gasteiger partial charge in [0.15, 0.2) is 0 Å². The first-order valence-electron chi connectivity index (χ1n) is 10.6. The highest BCUT2D eigenvalue weighted by molar-refractivity contribution is 7.89. The van der Waals surface area contributed by atoms with Gasteiger partial charge in [0.1, 0.15) is 0 Å². The van der Waals surface area contributed by atoms with Crippen molar-refractivity contribution in [2.45, 2.75) is 50.5 Å². The van der Waals surface area contributed by atoms with Crippen molar-refractivity contribution < 1.29 is 22.8 Å². The molecule has 1 aromatic rings. The molecule has 2 aliphatic rings. The summed E-state index contributed by atoms with van der Waals surface area (Å²) >= 11 is 0. The SMILES string of the molecule is CC(=O)Nc1ccc(S(=O)(=O)N[C@@H](C)C(=O)N2CCN(C(=O)C3CCCC3)CC2)cc1. The molecular weight excluding hydrogens is 420 g/mol. The third kappa shape index (κ3) is 5.82. The number of anilines is 1. The van der Waals surface area contributed by atoms with Gasteiger partial charge in [0, 0.05) is 44.7 Å². The minimum absolute atomic E-state index is 0.00762. The molecule has 0 unspecified atom stereocenters. The van der Waals surface area contributed by atoms with E-state index >= 15 is 0 Å². The van der Waals surface area contributed by atoms with Crippen LogP contribution >= 0.6 is 0 Å². The van der Waals surface area contributed by atoms with E-state index in [9.17, 15) is 22.8 Å². The van der Waals surface area contributed by atoms with Crippen molar-refractivity contribution in [2.24, 2.45) is 5.92 Å². The van der Waals surface area contributed by atoms with Crippen LogP contribution in [0.2, 0.25) is 0 Å². The lowest BCUT2D eigenvalue weighted by Crippen LogP contribution is -2.55. The van der Waals surface area contributed by atoms with Gasteiger partial charge in [-0.05, 0) is 44.0 Å². The smallest absolute Gasteiger partial charge is 0.241 e. The molecule has 2 fully saturated rings. The van der Waals surface area contributed by atoms with E-state index in [2.05, 4.69) is 10.0 Å². The van der Waals surface area contributed by atoms with Crippen LogP contribution in [-0.4, -0.2) is 68.2 Å². The van der Waals surface area contributed by atoms with Gasteiger partial charge in [-0.2, -0.15) is 4.72 Å². The van der Waals surface area contributed by atoms with E-state index in [1.54, 1.807) is 4.90 Å². The fourth-order valence-electron chi connectivity index (χ4n) is 4.12. The quantitative estimate of drug-likeness (QED) is 0.675. The Labute approximate surface area is 183 Å². The maximum Gasteiger partial charge on any atom is 0.241 e. The summed E-state index contributed by atoms with van der Waals surface area (Å²) in [5, 5.41) is 2.57. The molecule has 0 aromatic heterocycles. The van der Waals surface area contributed by atoms with Crippen LogP contribution in [0.5, 0.6) is 0 Å². The van der Waals surface area contributed by atoms with Crippen molar-refractivity contribution >= 4 is 33.4 Å². The lowest BCUT2D eigenvalue weighted by molar-refractivity contribution is -0.142. The van der Waals surface area contributed by atoms with E-state index in [0.717, 1.165) is 25.7 Å². The van der Waals surface area contributed by atoms with Crippen molar-refractivity contribution in [2.75, 3.05) is 31.5 Å². The van der Waals surface area contributed by atoms with Crippen molar-refractivity contribution in [1.29, 1.82) is 0 Å². The van der Waals surface area contributed by atoms with Gasteiger partial charge in [0.2, 0.25) is 27.7 Å². The van der Waals surface area contributed by atoms with Crippen LogP contribution in [0, 0.1) is 5.92 Å². The van der Waals surface area contributed by atoms with Crippen LogP contribution in [0.25, 0.3) is 0 Å². The molecule has 0 spiro atoms. The molecule has 10 heteroatoms. The maximum absolute atomic E-state index is 12.8. The number of rotatable bonds is 6. The number of carbonyl (C=O) groups excluding carboxylic acids is 3. The summed E-state index contributed by atoms with van der Waals surface area (Å²) in [5.74, 6) is -0.268. The van der Waals surface area contributed by atoms with Crippen LogP contribution in [0.3, 0.4) is 0 Å². The van der Waals surface area contributed by atoms with Gasteiger partial charge >= 0.3 is 0 Å². The Hall–Kier alpha value is -2.46. The molecular formula is C21H30N4O5S. The highest BCUT2D eigenvalue weighted by Crippen LogP contribution is 2.27. The number of sulfonamides is 1. The van der Waals surface area contributed by atoms with E-state index < -0.39 is 16.1 Å². The normalized spacial score (nSPS) is 18.6. The Kier molecular flexibility index (Phi) is 7.32. The molecule has 2 N–H and O–H groups in total. The second kappa shape index (κ2) is 9.78. The van der Waals surface area contributed by atoms with Crippen LogP contribution in [0.15, 0.2) is 29.2 Å². The molecule has 0 radical (unpaired) electrons. The fourth-order valence-corrected chi connectivity index (χ4v) is 5.32. The molecule has 0 bridgehead atoms. The molecule has 9 nitrogen and oxygen atoms in total. The third-order valence-electron chi connectivity index (χ3n) is 5.79. The van der Waals surface area contributed by atoms with Crippen molar-refractivity contribution in [3.8, 4) is 0 Å². The lowest BCUT2D eigenvalue weighted by atomic mass is 10.1. The average molecular weight is 451 g/mol. The number of carbonyl (C=O) groups is 3. The lowest BCUT2D eigenvalue weighted by Gasteiger charge is -2.37. The second-order valence-electron chi connectivity index (χ2n) is 8.18. The molecule has 31 heavy (non-hydrogen) atoms. The van der Waals surface area contributed by atoms with Gasteiger partial charge < -0.3 is 15.1 Å². The first kappa shape index (κ1) is 23.2. The van der Waals surface area contributed by atoms with Gasteiger partial charge in [-0.1, -0.05) is 12.8 Å². The van der Waals surface area contributed by atoms with Crippen LogP contribution in [0.1, 0.15) is 39.5 Å². The predicted octanol–water partition coefficient (Wildman–Crippen LogP) is 1.17. The molecule has 1 saturated heterocycles. The first-order chi connectivity index (χ1) is 14.7. The minimum atomic E-state index is -3.90. The van der Waals surface area contributed by atoms with Crippen LogP contribution in [0.4, 0.5) is 5.69 Å². The minimum Gasteiger partial charge on any atom is -0.339 e. The molecule has 1 saturated carbocycles. The summed E-state index contributed by atoms with van der Waals surface area (Å²) in [7, 11) is -3.90. The molecule has 3 amide bonds. The van der Waals surface area contributed by atoms with Gasteiger partial charge in [-0.3, -0.25) is 14.4 Å². The Morgan fingerprint density at radius 3 is 2.06 bits per heavy atom. The summed E-state index contributed by atoms with van der Waals surface area (Å²) in [4.78, 5) is 39.8. The molecule has 1 aliphatic heterocycles. The summed E-state index contributed by atoms with van der Waals surface area (Å²) in [5.41, 5.74) is 0.487. The number of amides is 3. The summed E-state index contributed by atoms with van der Waals surface area (Å²) in [6.45, 7) is 4.63. The number of benzene rings is 1. The zero-order chi connectivity index (χ0) is 22.6. The number of hydrogen-bond donors (Lipinski definition) is 2. The number of nitrogens with one attached hydrogen (secondary N) is 2. The number of nitrogens with zero attached hydrogens (tertiary/aromatic N) is 2. The largest absolute Gasteiger partial charge is 0.339 e. The average Bonchev–Trinajstić information content (AvgIpc) is 3.27. The van der Waals surface area contributed by atoms with E-state index in [1.165, 1.54) is 38.1 Å². The Morgan fingerprint density at radius 2 is 1.52 bits per heavy atom. The van der Waals surface area contributed by atoms with E-state index in [0.29, 0.717) is 31.9 Å². The monoisotopic (exact) mass is 450 g/mol. The molecule has 1 aliphatic carbocycles. The number of piperazine rings is 1. The Bertz CT molecular complexity index is 918.